The largest absolute Gasteiger partial charge is 0.463 e. The van der Waals surface area contributed by atoms with E-state index in [1.165, 1.54) is 6.07 Å². The lowest BCUT2D eigenvalue weighted by Crippen LogP contribution is -2.07. The van der Waals surface area contributed by atoms with Crippen molar-refractivity contribution in [2.45, 2.75) is 11.5 Å². The molecule has 2 rings (SSSR count). The fourth-order valence-electron chi connectivity index (χ4n) is 1.97. The van der Waals surface area contributed by atoms with Crippen molar-refractivity contribution in [2.75, 3.05) is 17.6 Å². The second kappa shape index (κ2) is 8.79. The summed E-state index contributed by atoms with van der Waals surface area (Å²) in [5, 5.41) is 14.2. The molecule has 2 aromatic rings. The van der Waals surface area contributed by atoms with Crippen LogP contribution in [0.2, 0.25) is 0 Å². The molecule has 1 N–H and O–H groups in total. The molecule has 0 unspecified atom stereocenters. The van der Waals surface area contributed by atoms with Crippen LogP contribution in [0.5, 0.6) is 0 Å². The molecule has 0 spiro atoms. The number of hydrogen-bond acceptors (Lipinski definition) is 6. The van der Waals surface area contributed by atoms with Gasteiger partial charge in [0.1, 0.15) is 12.3 Å². The molecule has 7 heteroatoms. The van der Waals surface area contributed by atoms with Crippen LogP contribution >= 0.6 is 11.8 Å². The molecule has 120 valence electrons. The average Bonchev–Trinajstić information content (AvgIpc) is 2.58. The lowest BCUT2D eigenvalue weighted by Gasteiger charge is -2.08. The van der Waals surface area contributed by atoms with Crippen molar-refractivity contribution in [1.82, 2.24) is 0 Å². The number of anilines is 1. The van der Waals surface area contributed by atoms with Gasteiger partial charge >= 0.3 is 0 Å². The maximum absolute atomic E-state index is 11.2. The molecule has 0 saturated carbocycles. The first kappa shape index (κ1) is 16.8. The van der Waals surface area contributed by atoms with Gasteiger partial charge in [0.15, 0.2) is 0 Å². The molecule has 0 heterocycles. The minimum Gasteiger partial charge on any atom is -0.463 e. The summed E-state index contributed by atoms with van der Waals surface area (Å²) in [6, 6.07) is 14.7. The molecule has 0 radical (unpaired) electrons. The van der Waals surface area contributed by atoms with Gasteiger partial charge in [0.2, 0.25) is 0 Å². The Morgan fingerprint density at radius 3 is 2.70 bits per heavy atom. The van der Waals surface area contributed by atoms with E-state index < -0.39 is 4.92 Å². The Kier molecular flexibility index (Phi) is 6.43. The number of nitrogens with one attached hydrogen (secondary N) is 1. The van der Waals surface area contributed by atoms with Crippen LogP contribution < -0.4 is 5.32 Å². The summed E-state index contributed by atoms with van der Waals surface area (Å²) in [6.07, 6.45) is 0. The highest BCUT2D eigenvalue weighted by molar-refractivity contribution is 7.99. The van der Waals surface area contributed by atoms with Crippen LogP contribution in [0.1, 0.15) is 5.56 Å². The van der Waals surface area contributed by atoms with Crippen molar-refractivity contribution in [3.8, 4) is 0 Å². The van der Waals surface area contributed by atoms with Crippen LogP contribution in [0, 0.1) is 10.1 Å². The number of thioether (sulfide) groups is 1. The molecule has 0 fully saturated rings. The van der Waals surface area contributed by atoms with Gasteiger partial charge in [-0.25, -0.2) is 0 Å². The van der Waals surface area contributed by atoms with Crippen LogP contribution in [-0.2, 0) is 16.1 Å². The maximum atomic E-state index is 11.2. The first-order valence-electron chi connectivity index (χ1n) is 6.95. The Balaban J connectivity index is 1.93. The molecule has 23 heavy (non-hydrogen) atoms. The van der Waals surface area contributed by atoms with Gasteiger partial charge in [-0.3, -0.25) is 14.9 Å². The Labute approximate surface area is 138 Å². The van der Waals surface area contributed by atoms with Crippen LogP contribution in [0.15, 0.2) is 53.4 Å². The van der Waals surface area contributed by atoms with Gasteiger partial charge in [-0.15, -0.1) is 11.8 Å². The molecule has 6 nitrogen and oxygen atoms in total. The Bertz CT molecular complexity index is 664. The van der Waals surface area contributed by atoms with Crippen molar-refractivity contribution < 1.29 is 14.5 Å². The Morgan fingerprint density at radius 2 is 2.00 bits per heavy atom. The summed E-state index contributed by atoms with van der Waals surface area (Å²) >= 11 is 1.68. The number of nitrogens with zero attached hydrogens (tertiary/aromatic N) is 1. The third-order valence-corrected chi connectivity index (χ3v) is 4.02. The van der Waals surface area contributed by atoms with Gasteiger partial charge in [-0.05, 0) is 23.8 Å². The van der Waals surface area contributed by atoms with Gasteiger partial charge in [0.25, 0.3) is 12.2 Å². The number of hydrogen-bond donors (Lipinski definition) is 1. The van der Waals surface area contributed by atoms with Gasteiger partial charge in [-0.1, -0.05) is 24.3 Å². The number of nitro benzene ring substituents is 1. The Hall–Kier alpha value is -2.54. The zero-order chi connectivity index (χ0) is 16.5. The molecule has 0 aliphatic carbocycles. The molecule has 0 aliphatic rings. The smallest absolute Gasteiger partial charge is 0.293 e. The fraction of sp³-hybridized carbons (Fsp3) is 0.188. The zero-order valence-corrected chi connectivity index (χ0v) is 13.1. The quantitative estimate of drug-likeness (QED) is 0.249. The monoisotopic (exact) mass is 332 g/mol. The van der Waals surface area contributed by atoms with Crippen molar-refractivity contribution in [3.63, 3.8) is 0 Å². The van der Waals surface area contributed by atoms with Crippen molar-refractivity contribution in [3.05, 3.63) is 64.2 Å². The van der Waals surface area contributed by atoms with Crippen LogP contribution in [0.4, 0.5) is 11.4 Å². The summed E-state index contributed by atoms with van der Waals surface area (Å²) in [5.74, 6) is 0.789. The highest BCUT2D eigenvalue weighted by Gasteiger charge is 2.14. The summed E-state index contributed by atoms with van der Waals surface area (Å²) < 4.78 is 4.61. The number of rotatable bonds is 9. The Morgan fingerprint density at radius 1 is 1.22 bits per heavy atom. The number of benzene rings is 2. The van der Waals surface area contributed by atoms with Gasteiger partial charge in [0.05, 0.1) is 4.92 Å². The lowest BCUT2D eigenvalue weighted by molar-refractivity contribution is -0.384. The minimum atomic E-state index is -0.447. The van der Waals surface area contributed by atoms with Crippen LogP contribution in [0.3, 0.4) is 0 Å². The number of nitro groups is 1. The van der Waals surface area contributed by atoms with E-state index in [1.54, 1.807) is 23.9 Å². The summed E-state index contributed by atoms with van der Waals surface area (Å²) in [6.45, 7) is 0.942. The fourth-order valence-corrected chi connectivity index (χ4v) is 2.76. The van der Waals surface area contributed by atoms with Crippen molar-refractivity contribution >= 4 is 29.6 Å². The number of carbonyl (C=O) groups is 1. The van der Waals surface area contributed by atoms with E-state index in [-0.39, 0.29) is 12.3 Å². The van der Waals surface area contributed by atoms with E-state index in [2.05, 4.69) is 10.1 Å². The first-order chi connectivity index (χ1) is 11.2. The predicted molar refractivity (Wildman–Crippen MR) is 89.6 cm³/mol. The number of carbonyl (C=O) groups excluding carboxylic acids is 1. The molecule has 2 aromatic carbocycles. The average molecular weight is 332 g/mol. The third-order valence-electron chi connectivity index (χ3n) is 3.01. The topological polar surface area (TPSA) is 81.5 Å². The molecular weight excluding hydrogens is 316 g/mol. The second-order valence-corrected chi connectivity index (χ2v) is 5.77. The van der Waals surface area contributed by atoms with E-state index in [9.17, 15) is 14.9 Å². The SMILES string of the molecule is O=COCc1ccc(NCCSc2ccccc2)c([N+](=O)[O-])c1. The highest BCUT2D eigenvalue weighted by Crippen LogP contribution is 2.26. The zero-order valence-electron chi connectivity index (χ0n) is 12.3. The van der Waals surface area contributed by atoms with E-state index >= 15 is 0 Å². The predicted octanol–water partition coefficient (Wildman–Crippen LogP) is 3.47. The molecule has 0 aliphatic heterocycles. The summed E-state index contributed by atoms with van der Waals surface area (Å²) in [7, 11) is 0. The van der Waals surface area contributed by atoms with E-state index in [0.29, 0.717) is 24.3 Å². The molecule has 0 amide bonds. The number of ether oxygens (including phenoxy) is 1. The first-order valence-corrected chi connectivity index (χ1v) is 7.93. The molecular formula is C16H16N2O4S. The summed E-state index contributed by atoms with van der Waals surface area (Å²) in [5.41, 5.74) is 1.01. The molecule has 0 aromatic heterocycles. The third kappa shape index (κ3) is 5.30. The van der Waals surface area contributed by atoms with E-state index in [1.807, 2.05) is 30.3 Å². The van der Waals surface area contributed by atoms with Gasteiger partial charge in [-0.2, -0.15) is 0 Å². The minimum absolute atomic E-state index is 0.0223. The maximum Gasteiger partial charge on any atom is 0.293 e. The highest BCUT2D eigenvalue weighted by atomic mass is 32.2. The van der Waals surface area contributed by atoms with Crippen molar-refractivity contribution in [2.24, 2.45) is 0 Å². The van der Waals surface area contributed by atoms with E-state index in [4.69, 9.17) is 0 Å². The molecule has 0 atom stereocenters. The lowest BCUT2D eigenvalue weighted by atomic mass is 10.2. The molecule has 0 bridgehead atoms. The van der Waals surface area contributed by atoms with E-state index in [0.717, 1.165) is 10.6 Å². The van der Waals surface area contributed by atoms with Crippen LogP contribution in [-0.4, -0.2) is 23.7 Å². The standard InChI is InChI=1S/C16H16N2O4S/c19-12-22-11-13-6-7-15(16(10-13)18(20)21)17-8-9-23-14-4-2-1-3-5-14/h1-7,10,12,17H,8-9,11H2. The summed E-state index contributed by atoms with van der Waals surface area (Å²) in [4.78, 5) is 22.0. The van der Waals surface area contributed by atoms with Gasteiger partial charge in [0, 0.05) is 23.3 Å². The van der Waals surface area contributed by atoms with Crippen molar-refractivity contribution in [1.29, 1.82) is 0 Å². The second-order valence-electron chi connectivity index (χ2n) is 4.60. The van der Waals surface area contributed by atoms with Crippen LogP contribution in [0.25, 0.3) is 0 Å². The normalized spacial score (nSPS) is 10.1. The molecule has 0 saturated heterocycles. The van der Waals surface area contributed by atoms with Gasteiger partial charge < -0.3 is 10.1 Å².